The van der Waals surface area contributed by atoms with Gasteiger partial charge in [0.2, 0.25) is 0 Å². The molecule has 10 nitrogen and oxygen atoms in total. The van der Waals surface area contributed by atoms with E-state index in [0.29, 0.717) is 59.9 Å². The minimum absolute atomic E-state index is 0.0940. The van der Waals surface area contributed by atoms with Crippen molar-refractivity contribution >= 4 is 68.3 Å². The molecule has 248 valence electrons. The molecule has 0 saturated carbocycles. The van der Waals surface area contributed by atoms with E-state index in [9.17, 15) is 20.1 Å². The second-order valence-corrected chi connectivity index (χ2v) is 13.0. The van der Waals surface area contributed by atoms with E-state index < -0.39 is 0 Å². The number of fused-ring (bicyclic) bond motifs is 2. The molecule has 0 radical (unpaired) electrons. The minimum Gasteiger partial charge on any atom is -0.469 e. The van der Waals surface area contributed by atoms with E-state index in [1.165, 1.54) is 14.2 Å². The number of carbonyl (C=O) groups is 2. The quantitative estimate of drug-likeness (QED) is 0.205. The van der Waals surface area contributed by atoms with Crippen LogP contribution in [0.4, 0.5) is 11.4 Å². The number of piperidine rings is 2. The molecule has 48 heavy (non-hydrogen) atoms. The molecule has 0 N–H and O–H groups in total. The lowest BCUT2D eigenvalue weighted by Crippen LogP contribution is -2.43. The molecule has 0 bridgehead atoms. The van der Waals surface area contributed by atoms with Gasteiger partial charge in [-0.15, -0.1) is 0 Å². The van der Waals surface area contributed by atoms with Crippen LogP contribution in [0.1, 0.15) is 50.7 Å². The predicted octanol–water partition coefficient (Wildman–Crippen LogP) is 7.08. The monoisotopic (exact) mass is 686 g/mol. The van der Waals surface area contributed by atoms with Crippen LogP contribution < -0.4 is 9.80 Å². The number of carbonyl (C=O) groups excluding carboxylic acids is 2. The first-order valence-electron chi connectivity index (χ1n) is 15.8. The molecule has 0 amide bonds. The summed E-state index contributed by atoms with van der Waals surface area (Å²) in [6.07, 6.45) is 6.00. The number of methoxy groups -OCH3 is 2. The Morgan fingerprint density at radius 3 is 1.48 bits per heavy atom. The van der Waals surface area contributed by atoms with E-state index in [4.69, 9.17) is 32.7 Å². The summed E-state index contributed by atoms with van der Waals surface area (Å²) < 4.78 is 9.75. The molecule has 0 aliphatic carbocycles. The first-order valence-corrected chi connectivity index (χ1v) is 16.5. The summed E-state index contributed by atoms with van der Waals surface area (Å²) in [6, 6.07) is 15.7. The van der Waals surface area contributed by atoms with E-state index >= 15 is 0 Å². The zero-order valence-corrected chi connectivity index (χ0v) is 28.8. The minimum atomic E-state index is -0.162. The highest BCUT2D eigenvalue weighted by atomic mass is 35.5. The number of rotatable bonds is 4. The van der Waals surface area contributed by atoms with Gasteiger partial charge in [0.05, 0.1) is 59.6 Å². The Hall–Kier alpha value is -4.64. The van der Waals surface area contributed by atoms with E-state index in [1.54, 1.807) is 24.5 Å². The summed E-state index contributed by atoms with van der Waals surface area (Å²) in [5.74, 6) is -0.513. The fourth-order valence-corrected chi connectivity index (χ4v) is 7.20. The third kappa shape index (κ3) is 7.11. The van der Waals surface area contributed by atoms with Gasteiger partial charge in [-0.05, 0) is 75.9 Å². The van der Waals surface area contributed by atoms with Crippen molar-refractivity contribution in [2.24, 2.45) is 11.8 Å². The molecule has 2 fully saturated rings. The Balaban J connectivity index is 0.000000188. The molecule has 2 aromatic carbocycles. The lowest BCUT2D eigenvalue weighted by molar-refractivity contribution is -0.147. The Morgan fingerprint density at radius 2 is 1.15 bits per heavy atom. The maximum atomic E-state index is 11.8. The molecule has 6 rings (SSSR count). The van der Waals surface area contributed by atoms with Crippen molar-refractivity contribution in [1.82, 2.24) is 9.97 Å². The number of esters is 2. The summed E-state index contributed by atoms with van der Waals surface area (Å²) in [5, 5.41) is 22.0. The summed E-state index contributed by atoms with van der Waals surface area (Å²) in [6.45, 7) is 5.49. The highest BCUT2D eigenvalue weighted by molar-refractivity contribution is 6.32. The van der Waals surface area contributed by atoms with Crippen molar-refractivity contribution in [1.29, 1.82) is 10.5 Å². The lowest BCUT2D eigenvalue weighted by Gasteiger charge is -2.39. The van der Waals surface area contributed by atoms with Gasteiger partial charge in [-0.1, -0.05) is 23.2 Å². The van der Waals surface area contributed by atoms with Crippen molar-refractivity contribution in [2.75, 3.05) is 37.1 Å². The number of ether oxygens (including phenoxy) is 2. The van der Waals surface area contributed by atoms with Crippen molar-refractivity contribution in [2.45, 2.75) is 51.6 Å². The average Bonchev–Trinajstić information content (AvgIpc) is 3.10. The number of nitriles is 2. The van der Waals surface area contributed by atoms with E-state index in [-0.39, 0.29) is 35.9 Å². The highest BCUT2D eigenvalue weighted by Gasteiger charge is 2.34. The Bertz CT molecular complexity index is 1800. The number of benzene rings is 2. The topological polar surface area (TPSA) is 132 Å². The number of halogens is 2. The molecule has 2 aliphatic heterocycles. The number of nitrogens with zero attached hydrogens (tertiary/aromatic N) is 6. The zero-order chi connectivity index (χ0) is 34.5. The molecule has 2 aromatic heterocycles. The second-order valence-electron chi connectivity index (χ2n) is 12.2. The molecule has 4 atom stereocenters. The van der Waals surface area contributed by atoms with Gasteiger partial charge in [-0.25, -0.2) is 0 Å². The Kier molecular flexibility index (Phi) is 10.9. The van der Waals surface area contributed by atoms with Crippen LogP contribution in [-0.2, 0) is 19.1 Å². The summed E-state index contributed by atoms with van der Waals surface area (Å²) >= 11 is 12.3. The lowest BCUT2D eigenvalue weighted by atomic mass is 9.90. The van der Waals surface area contributed by atoms with Crippen LogP contribution >= 0.6 is 23.2 Å². The predicted molar refractivity (Wildman–Crippen MR) is 186 cm³/mol. The number of aromatic nitrogens is 2. The van der Waals surface area contributed by atoms with Crippen LogP contribution in [0.3, 0.4) is 0 Å². The van der Waals surface area contributed by atoms with Gasteiger partial charge in [0.25, 0.3) is 0 Å². The maximum absolute atomic E-state index is 11.8. The SMILES string of the molecule is COC(=O)[C@@H]1CCN(c2c(C#N)cnc3ccc(Cl)cc23)[C@@H](C)C1.COC(=O)[C@H]1CCN(c2c(C#N)cnc3ccc(Cl)cc23)[C@@H](C)C1. The first-order chi connectivity index (χ1) is 23.1. The standard InChI is InChI=1S/2C18H18ClN3O2/c2*1-11-7-12(18(23)24-2)5-6-22(11)17-13(9-20)10-21-16-4-3-14(19)8-15(16)17/h2*3-4,8,10-12H,5-7H2,1-2H3/t11-,12+;11-,12-/m00/s1. The van der Waals surface area contributed by atoms with Gasteiger partial charge < -0.3 is 19.3 Å². The van der Waals surface area contributed by atoms with Crippen LogP contribution in [0, 0.1) is 34.5 Å². The molecule has 2 aliphatic rings. The van der Waals surface area contributed by atoms with Crippen molar-refractivity contribution in [3.8, 4) is 12.1 Å². The average molecular weight is 688 g/mol. The van der Waals surface area contributed by atoms with Crippen LogP contribution in [0.15, 0.2) is 48.8 Å². The van der Waals surface area contributed by atoms with E-state index in [0.717, 1.165) is 33.2 Å². The van der Waals surface area contributed by atoms with Crippen molar-refractivity contribution in [3.05, 3.63) is 70.0 Å². The molecule has 4 heterocycles. The fourth-order valence-electron chi connectivity index (χ4n) is 6.85. The maximum Gasteiger partial charge on any atom is 0.308 e. The first kappa shape index (κ1) is 34.7. The van der Waals surface area contributed by atoms with Crippen molar-refractivity contribution < 1.29 is 19.1 Å². The van der Waals surface area contributed by atoms with Crippen LogP contribution in [0.25, 0.3) is 21.8 Å². The van der Waals surface area contributed by atoms with Gasteiger partial charge in [0.1, 0.15) is 12.1 Å². The molecule has 0 unspecified atom stereocenters. The Morgan fingerprint density at radius 1 is 0.750 bits per heavy atom. The van der Waals surface area contributed by atoms with Crippen LogP contribution in [0.5, 0.6) is 0 Å². The van der Waals surface area contributed by atoms with Gasteiger partial charge in [0.15, 0.2) is 0 Å². The number of hydrogen-bond acceptors (Lipinski definition) is 10. The smallest absolute Gasteiger partial charge is 0.308 e. The molecule has 0 spiro atoms. The normalized spacial score (nSPS) is 20.7. The third-order valence-electron chi connectivity index (χ3n) is 9.24. The summed E-state index contributed by atoms with van der Waals surface area (Å²) in [5.41, 5.74) is 4.34. The third-order valence-corrected chi connectivity index (χ3v) is 9.71. The molecular formula is C36H36Cl2N6O4. The zero-order valence-electron chi connectivity index (χ0n) is 27.2. The van der Waals surface area contributed by atoms with Gasteiger partial charge in [-0.2, -0.15) is 10.5 Å². The number of pyridine rings is 2. The second kappa shape index (κ2) is 15.1. The van der Waals surface area contributed by atoms with Gasteiger partial charge in [-0.3, -0.25) is 19.6 Å². The fraction of sp³-hybridized carbons (Fsp3) is 0.389. The van der Waals surface area contributed by atoms with Crippen LogP contribution in [0.2, 0.25) is 10.0 Å². The highest BCUT2D eigenvalue weighted by Crippen LogP contribution is 2.38. The molecule has 12 heteroatoms. The van der Waals surface area contributed by atoms with Gasteiger partial charge in [0, 0.05) is 58.4 Å². The molecule has 4 aromatic rings. The molecular weight excluding hydrogens is 651 g/mol. The molecule has 2 saturated heterocycles. The Labute approximate surface area is 289 Å². The number of anilines is 2. The van der Waals surface area contributed by atoms with Gasteiger partial charge >= 0.3 is 11.9 Å². The summed E-state index contributed by atoms with van der Waals surface area (Å²) in [4.78, 5) is 36.7. The van der Waals surface area contributed by atoms with E-state index in [2.05, 4.69) is 45.8 Å². The summed E-state index contributed by atoms with van der Waals surface area (Å²) in [7, 11) is 2.84. The van der Waals surface area contributed by atoms with Crippen LogP contribution in [-0.4, -0.2) is 61.3 Å². The largest absolute Gasteiger partial charge is 0.469 e. The van der Waals surface area contributed by atoms with Crippen molar-refractivity contribution in [3.63, 3.8) is 0 Å². The van der Waals surface area contributed by atoms with E-state index in [1.807, 2.05) is 24.3 Å². The number of hydrogen-bond donors (Lipinski definition) is 0.